The van der Waals surface area contributed by atoms with Crippen molar-refractivity contribution in [2.45, 2.75) is 38.7 Å². The lowest BCUT2D eigenvalue weighted by molar-refractivity contribution is -0.159. The molecule has 0 bridgehead atoms. The number of nitrogens with zero attached hydrogens (tertiary/aromatic N) is 1. The monoisotopic (exact) mass is 254 g/mol. The van der Waals surface area contributed by atoms with E-state index in [0.717, 1.165) is 11.3 Å². The number of barbiturate groups is 1. The van der Waals surface area contributed by atoms with Gasteiger partial charge in [0, 0.05) is 7.11 Å². The maximum absolute atomic E-state index is 12.3. The molecule has 1 saturated carbocycles. The van der Waals surface area contributed by atoms with Crippen LogP contribution in [-0.2, 0) is 14.3 Å². The van der Waals surface area contributed by atoms with E-state index in [2.05, 4.69) is 5.32 Å². The maximum atomic E-state index is 12.3. The van der Waals surface area contributed by atoms with E-state index in [-0.39, 0.29) is 12.5 Å². The van der Waals surface area contributed by atoms with Gasteiger partial charge in [-0.05, 0) is 26.7 Å². The summed E-state index contributed by atoms with van der Waals surface area (Å²) in [6.45, 7) is 3.72. The van der Waals surface area contributed by atoms with Crippen molar-refractivity contribution in [3.8, 4) is 0 Å². The van der Waals surface area contributed by atoms with Crippen LogP contribution in [0.1, 0.15) is 33.1 Å². The van der Waals surface area contributed by atoms with Crippen LogP contribution in [0.15, 0.2) is 0 Å². The minimum atomic E-state index is -1.00. The van der Waals surface area contributed by atoms with Gasteiger partial charge in [-0.15, -0.1) is 0 Å². The summed E-state index contributed by atoms with van der Waals surface area (Å²) in [5.41, 5.74) is -1.63. The molecule has 0 aromatic carbocycles. The molecule has 1 heterocycles. The number of carbonyl (C=O) groups excluding carboxylic acids is 3. The van der Waals surface area contributed by atoms with Gasteiger partial charge in [0.1, 0.15) is 5.41 Å². The Bertz CT molecular complexity index is 412. The van der Waals surface area contributed by atoms with E-state index in [1.165, 1.54) is 7.11 Å². The molecule has 0 radical (unpaired) electrons. The molecular formula is C12H18N2O4. The van der Waals surface area contributed by atoms with E-state index in [1.807, 2.05) is 0 Å². The Morgan fingerprint density at radius 2 is 1.94 bits per heavy atom. The maximum Gasteiger partial charge on any atom is 0.330 e. The fraction of sp³-hybridized carbons (Fsp3) is 0.750. The van der Waals surface area contributed by atoms with Crippen LogP contribution in [0.4, 0.5) is 4.79 Å². The second-order valence-electron chi connectivity index (χ2n) is 5.55. The van der Waals surface area contributed by atoms with Crippen molar-refractivity contribution in [3.05, 3.63) is 0 Å². The number of amides is 4. The zero-order valence-corrected chi connectivity index (χ0v) is 10.9. The predicted molar refractivity (Wildman–Crippen MR) is 62.6 cm³/mol. The highest BCUT2D eigenvalue weighted by Crippen LogP contribution is 2.44. The van der Waals surface area contributed by atoms with Crippen LogP contribution in [0.5, 0.6) is 0 Å². The topological polar surface area (TPSA) is 75.7 Å². The molecule has 1 aliphatic heterocycles. The largest absolute Gasteiger partial charge is 0.377 e. The standard InChI is InChI=1S/C12H18N2O4/c1-11(2,18-3)7-14-9(16)12(5-4-6-12)8(15)13-10(14)17/h4-7H2,1-3H3,(H,13,15,17). The first-order valence-corrected chi connectivity index (χ1v) is 6.05. The second-order valence-corrected chi connectivity index (χ2v) is 5.55. The van der Waals surface area contributed by atoms with Gasteiger partial charge in [-0.2, -0.15) is 0 Å². The number of urea groups is 1. The van der Waals surface area contributed by atoms with Crippen molar-refractivity contribution in [3.63, 3.8) is 0 Å². The Kier molecular flexibility index (Phi) is 2.93. The van der Waals surface area contributed by atoms with Crippen LogP contribution in [0.2, 0.25) is 0 Å². The molecule has 6 nitrogen and oxygen atoms in total. The number of hydrogen-bond acceptors (Lipinski definition) is 4. The molecule has 1 saturated heterocycles. The molecule has 1 spiro atoms. The van der Waals surface area contributed by atoms with Gasteiger partial charge in [-0.1, -0.05) is 6.42 Å². The summed E-state index contributed by atoms with van der Waals surface area (Å²) < 4.78 is 5.22. The second kappa shape index (κ2) is 4.05. The molecule has 4 amide bonds. The summed E-state index contributed by atoms with van der Waals surface area (Å²) in [6, 6.07) is -0.646. The molecule has 1 aliphatic carbocycles. The van der Waals surface area contributed by atoms with E-state index in [9.17, 15) is 14.4 Å². The van der Waals surface area contributed by atoms with Gasteiger partial charge in [-0.3, -0.25) is 19.8 Å². The molecule has 2 fully saturated rings. The lowest BCUT2D eigenvalue weighted by Crippen LogP contribution is -2.67. The molecular weight excluding hydrogens is 236 g/mol. The van der Waals surface area contributed by atoms with E-state index in [4.69, 9.17) is 4.74 Å². The van der Waals surface area contributed by atoms with Crippen molar-refractivity contribution in [2.75, 3.05) is 13.7 Å². The van der Waals surface area contributed by atoms with Crippen LogP contribution in [0.3, 0.4) is 0 Å². The van der Waals surface area contributed by atoms with E-state index in [1.54, 1.807) is 13.8 Å². The molecule has 2 rings (SSSR count). The fourth-order valence-electron chi connectivity index (χ4n) is 2.29. The Balaban J connectivity index is 2.22. The van der Waals surface area contributed by atoms with Gasteiger partial charge < -0.3 is 4.74 Å². The lowest BCUT2D eigenvalue weighted by atomic mass is 9.66. The predicted octanol–water partition coefficient (Wildman–Crippen LogP) is 0.660. The Hall–Kier alpha value is -1.43. The van der Waals surface area contributed by atoms with E-state index >= 15 is 0 Å². The van der Waals surface area contributed by atoms with Gasteiger partial charge in [0.15, 0.2) is 0 Å². The highest BCUT2D eigenvalue weighted by molar-refractivity contribution is 6.19. The first-order valence-electron chi connectivity index (χ1n) is 6.05. The number of methoxy groups -OCH3 is 1. The van der Waals surface area contributed by atoms with Crippen LogP contribution in [0, 0.1) is 5.41 Å². The first kappa shape index (κ1) is 13.0. The van der Waals surface area contributed by atoms with Crippen LogP contribution in [-0.4, -0.2) is 42.0 Å². The van der Waals surface area contributed by atoms with E-state index in [0.29, 0.717) is 12.8 Å². The third-order valence-electron chi connectivity index (χ3n) is 3.85. The molecule has 1 N–H and O–H groups in total. The Morgan fingerprint density at radius 3 is 2.39 bits per heavy atom. The molecule has 0 unspecified atom stereocenters. The summed E-state index contributed by atoms with van der Waals surface area (Å²) in [7, 11) is 1.52. The summed E-state index contributed by atoms with van der Waals surface area (Å²) in [5, 5.41) is 2.27. The zero-order chi connectivity index (χ0) is 13.6. The van der Waals surface area contributed by atoms with Crippen molar-refractivity contribution in [2.24, 2.45) is 5.41 Å². The fourth-order valence-corrected chi connectivity index (χ4v) is 2.29. The van der Waals surface area contributed by atoms with Gasteiger partial charge in [-0.25, -0.2) is 4.79 Å². The SMILES string of the molecule is COC(C)(C)CN1C(=O)NC(=O)C2(CCC2)C1=O. The summed E-state index contributed by atoms with van der Waals surface area (Å²) in [6.07, 6.45) is 1.89. The van der Waals surface area contributed by atoms with Gasteiger partial charge in [0.25, 0.3) is 0 Å². The molecule has 0 aromatic rings. The Morgan fingerprint density at radius 1 is 1.33 bits per heavy atom. The number of carbonyl (C=O) groups is 3. The van der Waals surface area contributed by atoms with Crippen LogP contribution in [0.25, 0.3) is 0 Å². The molecule has 100 valence electrons. The van der Waals surface area contributed by atoms with Gasteiger partial charge >= 0.3 is 6.03 Å². The van der Waals surface area contributed by atoms with Crippen molar-refractivity contribution in [1.82, 2.24) is 10.2 Å². The number of ether oxygens (including phenoxy) is 1. The third kappa shape index (κ3) is 1.80. The van der Waals surface area contributed by atoms with Gasteiger partial charge in [0.05, 0.1) is 12.1 Å². The summed E-state index contributed by atoms with van der Waals surface area (Å²) >= 11 is 0. The highest BCUT2D eigenvalue weighted by atomic mass is 16.5. The number of imide groups is 2. The average molecular weight is 254 g/mol. The molecule has 2 aliphatic rings. The van der Waals surface area contributed by atoms with Gasteiger partial charge in [0.2, 0.25) is 11.8 Å². The number of rotatable bonds is 3. The molecule has 6 heteroatoms. The average Bonchev–Trinajstić information content (AvgIpc) is 2.22. The van der Waals surface area contributed by atoms with Crippen molar-refractivity contribution < 1.29 is 19.1 Å². The molecule has 0 aromatic heterocycles. The zero-order valence-electron chi connectivity index (χ0n) is 10.9. The van der Waals surface area contributed by atoms with Crippen molar-refractivity contribution in [1.29, 1.82) is 0 Å². The highest BCUT2D eigenvalue weighted by Gasteiger charge is 2.57. The molecule has 0 atom stereocenters. The minimum absolute atomic E-state index is 0.142. The Labute approximate surface area is 106 Å². The van der Waals surface area contributed by atoms with Crippen molar-refractivity contribution >= 4 is 17.8 Å². The minimum Gasteiger partial charge on any atom is -0.377 e. The number of nitrogens with one attached hydrogen (secondary N) is 1. The van der Waals surface area contributed by atoms with E-state index < -0.39 is 23.0 Å². The number of hydrogen-bond donors (Lipinski definition) is 1. The third-order valence-corrected chi connectivity index (χ3v) is 3.85. The normalized spacial score (nSPS) is 23.1. The molecule has 18 heavy (non-hydrogen) atoms. The quantitative estimate of drug-likeness (QED) is 0.751. The summed E-state index contributed by atoms with van der Waals surface area (Å²) in [4.78, 5) is 37.0. The smallest absolute Gasteiger partial charge is 0.330 e. The van der Waals surface area contributed by atoms with Crippen LogP contribution >= 0.6 is 0 Å². The van der Waals surface area contributed by atoms with Crippen LogP contribution < -0.4 is 5.32 Å². The lowest BCUT2D eigenvalue weighted by Gasteiger charge is -2.45. The summed E-state index contributed by atoms with van der Waals surface area (Å²) in [5.74, 6) is -0.831. The first-order chi connectivity index (χ1) is 8.32.